The van der Waals surface area contributed by atoms with Crippen LogP contribution in [0.25, 0.3) is 10.1 Å². The fraction of sp³-hybridized carbons (Fsp3) is 0.375. The number of nitrogens with zero attached hydrogens (tertiary/aromatic N) is 2. The first kappa shape index (κ1) is 12.8. The standard InChI is InChI=1S/C16H15N3OS/c1-2-12-5-11-7-17-13(6-15(11)21-12)16(20)18-14-9-19-4-3-10(14)8-19/h1,5-7,10,14H,3-4,8-9H2,(H,18,20)/t10-,14?/m0/s1. The van der Waals surface area contributed by atoms with Gasteiger partial charge < -0.3 is 10.2 Å². The number of hydrogen-bond donors (Lipinski definition) is 1. The predicted molar refractivity (Wildman–Crippen MR) is 83.4 cm³/mol. The van der Waals surface area contributed by atoms with Gasteiger partial charge in [-0.3, -0.25) is 9.78 Å². The van der Waals surface area contributed by atoms with Crippen LogP contribution in [0.4, 0.5) is 0 Å². The van der Waals surface area contributed by atoms with Crippen molar-refractivity contribution >= 4 is 27.3 Å². The third-order valence-corrected chi connectivity index (χ3v) is 5.45. The molecular formula is C16H15N3OS. The number of pyridine rings is 1. The van der Waals surface area contributed by atoms with Crippen LogP contribution in [0, 0.1) is 18.3 Å². The van der Waals surface area contributed by atoms with Crippen molar-refractivity contribution in [3.63, 3.8) is 0 Å². The fourth-order valence-electron chi connectivity index (χ4n) is 3.32. The van der Waals surface area contributed by atoms with Crippen LogP contribution >= 0.6 is 11.3 Å². The number of carbonyl (C=O) groups is 1. The smallest absolute Gasteiger partial charge is 0.270 e. The van der Waals surface area contributed by atoms with E-state index in [-0.39, 0.29) is 11.9 Å². The molecule has 1 N–H and O–H groups in total. The van der Waals surface area contributed by atoms with Gasteiger partial charge in [0.1, 0.15) is 5.69 Å². The number of rotatable bonds is 2. The van der Waals surface area contributed by atoms with Crippen molar-refractivity contribution in [1.82, 2.24) is 15.2 Å². The molecule has 0 saturated carbocycles. The lowest BCUT2D eigenvalue weighted by Crippen LogP contribution is -2.43. The number of hydrogen-bond acceptors (Lipinski definition) is 4. The molecule has 21 heavy (non-hydrogen) atoms. The van der Waals surface area contributed by atoms with Crippen LogP contribution in [0.1, 0.15) is 21.8 Å². The average molecular weight is 297 g/mol. The second-order valence-electron chi connectivity index (χ2n) is 5.75. The van der Waals surface area contributed by atoms with E-state index >= 15 is 0 Å². The first-order valence-corrected chi connectivity index (χ1v) is 7.94. The summed E-state index contributed by atoms with van der Waals surface area (Å²) in [6.45, 7) is 3.26. The maximum atomic E-state index is 12.4. The van der Waals surface area contributed by atoms with Gasteiger partial charge in [0, 0.05) is 35.4 Å². The molecule has 1 amide bonds. The van der Waals surface area contributed by atoms with Crippen LogP contribution in [0.2, 0.25) is 0 Å². The Bertz CT molecular complexity index is 760. The summed E-state index contributed by atoms with van der Waals surface area (Å²) in [5.41, 5.74) is 0.477. The minimum Gasteiger partial charge on any atom is -0.346 e. The van der Waals surface area contributed by atoms with Gasteiger partial charge in [-0.1, -0.05) is 5.92 Å². The molecule has 5 heteroatoms. The Kier molecular flexibility index (Phi) is 2.95. The zero-order chi connectivity index (χ0) is 14.4. The second kappa shape index (κ2) is 4.83. The van der Waals surface area contributed by atoms with Crippen molar-refractivity contribution in [1.29, 1.82) is 0 Å². The summed E-state index contributed by atoms with van der Waals surface area (Å²) in [6.07, 6.45) is 8.33. The number of aromatic nitrogens is 1. The van der Waals surface area contributed by atoms with Crippen molar-refractivity contribution < 1.29 is 4.79 Å². The van der Waals surface area contributed by atoms with E-state index in [1.54, 1.807) is 6.20 Å². The molecular weight excluding hydrogens is 282 g/mol. The fourth-order valence-corrected chi connectivity index (χ4v) is 4.20. The molecule has 2 aliphatic rings. The number of fused-ring (bicyclic) bond motifs is 3. The quantitative estimate of drug-likeness (QED) is 0.858. The lowest BCUT2D eigenvalue weighted by atomic mass is 10.00. The minimum atomic E-state index is -0.0775. The van der Waals surface area contributed by atoms with Crippen molar-refractivity contribution in [2.24, 2.45) is 5.92 Å². The molecule has 0 radical (unpaired) electrons. The average Bonchev–Trinajstić information content (AvgIpc) is 3.20. The van der Waals surface area contributed by atoms with E-state index in [9.17, 15) is 4.79 Å². The molecule has 2 aromatic heterocycles. The van der Waals surface area contributed by atoms with Gasteiger partial charge in [-0.05, 0) is 31.0 Å². The normalized spacial score (nSPS) is 26.9. The Labute approximate surface area is 127 Å². The second-order valence-corrected chi connectivity index (χ2v) is 6.83. The van der Waals surface area contributed by atoms with Crippen LogP contribution in [0.5, 0.6) is 0 Å². The molecule has 0 aromatic carbocycles. The third-order valence-electron chi connectivity index (χ3n) is 4.43. The molecule has 4 rings (SSSR count). The number of amides is 1. The lowest BCUT2D eigenvalue weighted by Gasteiger charge is -2.22. The monoisotopic (exact) mass is 297 g/mol. The van der Waals surface area contributed by atoms with Crippen LogP contribution in [0.3, 0.4) is 0 Å². The van der Waals surface area contributed by atoms with E-state index in [1.165, 1.54) is 24.3 Å². The Hall–Kier alpha value is -1.90. The summed E-state index contributed by atoms with van der Waals surface area (Å²) in [5, 5.41) is 4.13. The van der Waals surface area contributed by atoms with Gasteiger partial charge >= 0.3 is 0 Å². The van der Waals surface area contributed by atoms with Crippen LogP contribution < -0.4 is 5.32 Å². The van der Waals surface area contributed by atoms with Crippen LogP contribution in [-0.4, -0.2) is 41.5 Å². The molecule has 2 fully saturated rings. The van der Waals surface area contributed by atoms with Gasteiger partial charge in [-0.25, -0.2) is 0 Å². The summed E-state index contributed by atoms with van der Waals surface area (Å²) < 4.78 is 1.01. The molecule has 4 nitrogen and oxygen atoms in total. The highest BCUT2D eigenvalue weighted by molar-refractivity contribution is 7.19. The topological polar surface area (TPSA) is 45.2 Å². The maximum absolute atomic E-state index is 12.4. The van der Waals surface area contributed by atoms with Crippen molar-refractivity contribution in [2.45, 2.75) is 12.5 Å². The highest BCUT2D eigenvalue weighted by Gasteiger charge is 2.38. The summed E-state index contributed by atoms with van der Waals surface area (Å²) in [7, 11) is 0. The first-order valence-electron chi connectivity index (χ1n) is 7.12. The highest BCUT2D eigenvalue weighted by atomic mass is 32.1. The van der Waals surface area contributed by atoms with Crippen molar-refractivity contribution in [2.75, 3.05) is 19.6 Å². The van der Waals surface area contributed by atoms with Gasteiger partial charge in [0.15, 0.2) is 0 Å². The summed E-state index contributed by atoms with van der Waals surface area (Å²) in [5.74, 6) is 3.15. The van der Waals surface area contributed by atoms with Crippen molar-refractivity contribution in [3.05, 3.63) is 28.9 Å². The van der Waals surface area contributed by atoms with Crippen LogP contribution in [-0.2, 0) is 0 Å². The summed E-state index contributed by atoms with van der Waals surface area (Å²) >= 11 is 1.52. The number of terminal acetylenes is 1. The molecule has 2 bridgehead atoms. The van der Waals surface area contributed by atoms with Gasteiger partial charge in [0.25, 0.3) is 5.91 Å². The van der Waals surface area contributed by atoms with E-state index in [4.69, 9.17) is 6.42 Å². The zero-order valence-corrected chi connectivity index (χ0v) is 12.3. The summed E-state index contributed by atoms with van der Waals surface area (Å²) in [6, 6.07) is 4.04. The van der Waals surface area contributed by atoms with E-state index in [1.807, 2.05) is 12.1 Å². The van der Waals surface area contributed by atoms with E-state index in [0.29, 0.717) is 11.6 Å². The Morgan fingerprint density at radius 2 is 2.38 bits per heavy atom. The number of piperidine rings is 1. The van der Waals surface area contributed by atoms with E-state index < -0.39 is 0 Å². The number of thiophene rings is 1. The molecule has 3 atom stereocenters. The third kappa shape index (κ3) is 2.21. The molecule has 0 spiro atoms. The molecule has 2 saturated heterocycles. The molecule has 2 aromatic rings. The van der Waals surface area contributed by atoms with Gasteiger partial charge in [-0.2, -0.15) is 0 Å². The Morgan fingerprint density at radius 3 is 3.10 bits per heavy atom. The maximum Gasteiger partial charge on any atom is 0.270 e. The molecule has 2 aliphatic heterocycles. The molecule has 2 unspecified atom stereocenters. The Morgan fingerprint density at radius 1 is 1.48 bits per heavy atom. The largest absolute Gasteiger partial charge is 0.346 e. The minimum absolute atomic E-state index is 0.0775. The molecule has 106 valence electrons. The Balaban J connectivity index is 1.55. The molecule has 0 aliphatic carbocycles. The number of carbonyl (C=O) groups excluding carboxylic acids is 1. The number of nitrogens with one attached hydrogen (secondary N) is 1. The van der Waals surface area contributed by atoms with Crippen molar-refractivity contribution in [3.8, 4) is 12.3 Å². The molecule has 4 heterocycles. The van der Waals surface area contributed by atoms with Crippen LogP contribution in [0.15, 0.2) is 18.3 Å². The highest BCUT2D eigenvalue weighted by Crippen LogP contribution is 2.28. The van der Waals surface area contributed by atoms with Gasteiger partial charge in [0.05, 0.1) is 4.88 Å². The zero-order valence-electron chi connectivity index (χ0n) is 11.5. The summed E-state index contributed by atoms with van der Waals surface area (Å²) in [4.78, 5) is 19.9. The van der Waals surface area contributed by atoms with E-state index in [2.05, 4.69) is 21.1 Å². The predicted octanol–water partition coefficient (Wildman–Crippen LogP) is 1.71. The van der Waals surface area contributed by atoms with Gasteiger partial charge in [0.2, 0.25) is 0 Å². The SMILES string of the molecule is C#Cc1cc2cnc(C(=O)NC3CN4CC[C@H]3C4)cc2s1. The lowest BCUT2D eigenvalue weighted by molar-refractivity contribution is 0.0919. The first-order chi connectivity index (χ1) is 10.2. The van der Waals surface area contributed by atoms with Gasteiger partial charge in [-0.15, -0.1) is 17.8 Å². The van der Waals surface area contributed by atoms with E-state index in [0.717, 1.165) is 28.1 Å².